The zero-order valence-electron chi connectivity index (χ0n) is 7.54. The van der Waals surface area contributed by atoms with Crippen LogP contribution in [0.5, 0.6) is 0 Å². The third kappa shape index (κ3) is 1.83. The molecule has 0 aromatic rings. The predicted molar refractivity (Wildman–Crippen MR) is 50.5 cm³/mol. The third-order valence-corrected chi connectivity index (χ3v) is 2.24. The molecular formula is C11H16. The molecule has 1 rings (SSSR count). The Morgan fingerprint density at radius 1 is 1.18 bits per heavy atom. The summed E-state index contributed by atoms with van der Waals surface area (Å²) in [6.07, 6.45) is 3.30. The largest absolute Gasteiger partial charge is 0.0995 e. The third-order valence-electron chi connectivity index (χ3n) is 2.24. The maximum Gasteiger partial charge on any atom is -0.00678 e. The molecule has 0 aliphatic heterocycles. The van der Waals surface area contributed by atoms with Crippen LogP contribution in [0.1, 0.15) is 33.1 Å². The fourth-order valence-electron chi connectivity index (χ4n) is 1.47. The summed E-state index contributed by atoms with van der Waals surface area (Å²) in [7, 11) is 0. The highest BCUT2D eigenvalue weighted by atomic mass is 14.2. The predicted octanol–water partition coefficient (Wildman–Crippen LogP) is 3.62. The average Bonchev–Trinajstić information content (AvgIpc) is 1.94. The fraction of sp³-hybridized carbons (Fsp3) is 0.455. The zero-order valence-corrected chi connectivity index (χ0v) is 7.54. The van der Waals surface area contributed by atoms with Crippen molar-refractivity contribution in [2.45, 2.75) is 33.1 Å². The van der Waals surface area contributed by atoms with Crippen LogP contribution in [0.15, 0.2) is 35.5 Å². The van der Waals surface area contributed by atoms with Crippen molar-refractivity contribution < 1.29 is 0 Å². The summed E-state index contributed by atoms with van der Waals surface area (Å²) in [5.74, 6) is 0. The van der Waals surface area contributed by atoms with Crippen LogP contribution in [0.2, 0.25) is 0 Å². The highest BCUT2D eigenvalue weighted by molar-refractivity contribution is 5.38. The normalized spacial score (nSPS) is 18.9. The molecule has 1 fully saturated rings. The first-order valence-corrected chi connectivity index (χ1v) is 4.12. The summed E-state index contributed by atoms with van der Waals surface area (Å²) in [5, 5.41) is 0. The molecule has 0 saturated heterocycles. The van der Waals surface area contributed by atoms with Crippen LogP contribution in [0.25, 0.3) is 0 Å². The summed E-state index contributed by atoms with van der Waals surface area (Å²) in [6, 6.07) is 0. The van der Waals surface area contributed by atoms with E-state index in [0.29, 0.717) is 0 Å². The van der Waals surface area contributed by atoms with Gasteiger partial charge in [-0.15, -0.1) is 0 Å². The summed E-state index contributed by atoms with van der Waals surface area (Å²) >= 11 is 0. The lowest BCUT2D eigenvalue weighted by Gasteiger charge is -2.20. The molecule has 0 N–H and O–H groups in total. The molecule has 0 heteroatoms. The monoisotopic (exact) mass is 148 g/mol. The van der Waals surface area contributed by atoms with E-state index in [-0.39, 0.29) is 0 Å². The molecule has 0 bridgehead atoms. The molecule has 0 radical (unpaired) electrons. The molecule has 0 amide bonds. The Morgan fingerprint density at radius 3 is 2.27 bits per heavy atom. The smallest absolute Gasteiger partial charge is 0.00678 e. The molecule has 0 spiro atoms. The van der Waals surface area contributed by atoms with Crippen LogP contribution in [0.4, 0.5) is 0 Å². The van der Waals surface area contributed by atoms with E-state index in [4.69, 9.17) is 0 Å². The minimum Gasteiger partial charge on any atom is -0.0995 e. The van der Waals surface area contributed by atoms with Crippen LogP contribution < -0.4 is 0 Å². The van der Waals surface area contributed by atoms with E-state index in [1.54, 1.807) is 0 Å². The quantitative estimate of drug-likeness (QED) is 0.460. The van der Waals surface area contributed by atoms with Gasteiger partial charge in [0.2, 0.25) is 0 Å². The van der Waals surface area contributed by atoms with E-state index in [2.05, 4.69) is 27.0 Å². The topological polar surface area (TPSA) is 0 Å². The molecule has 1 aliphatic rings. The Hall–Kier alpha value is -0.780. The van der Waals surface area contributed by atoms with Crippen LogP contribution in [-0.2, 0) is 0 Å². The van der Waals surface area contributed by atoms with Crippen molar-refractivity contribution >= 4 is 0 Å². The second kappa shape index (κ2) is 3.08. The molecule has 1 aliphatic carbocycles. The molecule has 0 unspecified atom stereocenters. The molecule has 0 atom stereocenters. The molecule has 1 saturated carbocycles. The summed E-state index contributed by atoms with van der Waals surface area (Å²) in [4.78, 5) is 0. The van der Waals surface area contributed by atoms with Crippen molar-refractivity contribution in [1.82, 2.24) is 0 Å². The molecule has 11 heavy (non-hydrogen) atoms. The Morgan fingerprint density at radius 2 is 1.82 bits per heavy atom. The number of allylic oxidation sites excluding steroid dienone is 4. The molecule has 0 heterocycles. The van der Waals surface area contributed by atoms with Gasteiger partial charge in [-0.05, 0) is 38.7 Å². The first-order chi connectivity index (χ1) is 5.11. The Kier molecular flexibility index (Phi) is 2.33. The summed E-state index contributed by atoms with van der Waals surface area (Å²) in [6.45, 7) is 12.4. The van der Waals surface area contributed by atoms with Gasteiger partial charge in [-0.1, -0.05) is 29.9 Å². The van der Waals surface area contributed by atoms with E-state index in [0.717, 1.165) is 19.3 Å². The number of rotatable bonds is 0. The van der Waals surface area contributed by atoms with Gasteiger partial charge >= 0.3 is 0 Å². The van der Waals surface area contributed by atoms with E-state index in [9.17, 15) is 0 Å². The van der Waals surface area contributed by atoms with Crippen molar-refractivity contribution in [2.75, 3.05) is 0 Å². The first-order valence-electron chi connectivity index (χ1n) is 4.12. The average molecular weight is 148 g/mol. The van der Waals surface area contributed by atoms with E-state index in [1.807, 2.05) is 0 Å². The molecule has 0 aromatic carbocycles. The van der Waals surface area contributed by atoms with E-state index >= 15 is 0 Å². The van der Waals surface area contributed by atoms with Crippen molar-refractivity contribution in [3.63, 3.8) is 0 Å². The van der Waals surface area contributed by atoms with Gasteiger partial charge in [-0.2, -0.15) is 0 Å². The SMILES string of the molecule is C=C1CCC(=C)C(=C(C)C)C1. The minimum atomic E-state index is 1.06. The molecular weight excluding hydrogens is 132 g/mol. The molecule has 0 aromatic heterocycles. The van der Waals surface area contributed by atoms with Crippen LogP contribution in [-0.4, -0.2) is 0 Å². The second-order valence-corrected chi connectivity index (χ2v) is 3.51. The first kappa shape index (κ1) is 8.32. The second-order valence-electron chi connectivity index (χ2n) is 3.51. The Labute approximate surface area is 69.3 Å². The van der Waals surface area contributed by atoms with Gasteiger partial charge in [-0.3, -0.25) is 0 Å². The summed E-state index contributed by atoms with van der Waals surface area (Å²) < 4.78 is 0. The van der Waals surface area contributed by atoms with Crippen LogP contribution in [0, 0.1) is 0 Å². The van der Waals surface area contributed by atoms with Crippen molar-refractivity contribution in [3.8, 4) is 0 Å². The highest BCUT2D eigenvalue weighted by Gasteiger charge is 2.12. The Balaban J connectivity index is 2.86. The zero-order chi connectivity index (χ0) is 8.43. The fourth-order valence-corrected chi connectivity index (χ4v) is 1.47. The van der Waals surface area contributed by atoms with Gasteiger partial charge in [0.15, 0.2) is 0 Å². The van der Waals surface area contributed by atoms with Gasteiger partial charge in [-0.25, -0.2) is 0 Å². The van der Waals surface area contributed by atoms with Crippen molar-refractivity contribution in [3.05, 3.63) is 35.5 Å². The lowest BCUT2D eigenvalue weighted by Crippen LogP contribution is -2.01. The van der Waals surface area contributed by atoms with E-state index < -0.39 is 0 Å². The lowest BCUT2D eigenvalue weighted by molar-refractivity contribution is 0.825. The Bertz CT molecular complexity index is 224. The van der Waals surface area contributed by atoms with Gasteiger partial charge in [0, 0.05) is 0 Å². The van der Waals surface area contributed by atoms with Crippen LogP contribution in [0.3, 0.4) is 0 Å². The van der Waals surface area contributed by atoms with Gasteiger partial charge in [0.1, 0.15) is 0 Å². The number of hydrogen-bond acceptors (Lipinski definition) is 0. The van der Waals surface area contributed by atoms with Crippen molar-refractivity contribution in [2.24, 2.45) is 0 Å². The molecule has 0 nitrogen and oxygen atoms in total. The summed E-state index contributed by atoms with van der Waals surface area (Å²) in [5.41, 5.74) is 5.50. The van der Waals surface area contributed by atoms with Crippen molar-refractivity contribution in [1.29, 1.82) is 0 Å². The van der Waals surface area contributed by atoms with Crippen LogP contribution >= 0.6 is 0 Å². The van der Waals surface area contributed by atoms with Gasteiger partial charge in [0.05, 0.1) is 0 Å². The maximum atomic E-state index is 4.05. The van der Waals surface area contributed by atoms with E-state index in [1.165, 1.54) is 22.3 Å². The standard InChI is InChI=1S/C11H16/c1-8(2)11-7-9(3)5-6-10(11)4/h3-7H2,1-2H3. The molecule has 60 valence electrons. The van der Waals surface area contributed by atoms with Gasteiger partial charge < -0.3 is 0 Å². The maximum absolute atomic E-state index is 4.05. The van der Waals surface area contributed by atoms with Gasteiger partial charge in [0.25, 0.3) is 0 Å². The number of hydrogen-bond donors (Lipinski definition) is 0. The highest BCUT2D eigenvalue weighted by Crippen LogP contribution is 2.32. The minimum absolute atomic E-state index is 1.06. The lowest BCUT2D eigenvalue weighted by atomic mass is 9.85.